The van der Waals surface area contributed by atoms with E-state index < -0.39 is 0 Å². The van der Waals surface area contributed by atoms with E-state index in [4.69, 9.17) is 0 Å². The lowest BCUT2D eigenvalue weighted by atomic mass is 9.89. The molecule has 1 aliphatic rings. The van der Waals surface area contributed by atoms with Crippen LogP contribution in [0.4, 0.5) is 0 Å². The van der Waals surface area contributed by atoms with Crippen molar-refractivity contribution in [2.45, 2.75) is 25.7 Å². The summed E-state index contributed by atoms with van der Waals surface area (Å²) in [5.74, 6) is 0.797. The highest BCUT2D eigenvalue weighted by molar-refractivity contribution is 5.25. The van der Waals surface area contributed by atoms with Gasteiger partial charge in [0.15, 0.2) is 0 Å². The molecule has 76 valence electrons. The number of hydrogen-bond donors (Lipinski definition) is 0. The molecule has 0 aromatic heterocycles. The van der Waals surface area contributed by atoms with Crippen LogP contribution in [0.3, 0.4) is 0 Å². The summed E-state index contributed by atoms with van der Waals surface area (Å²) in [7, 11) is 2.21. The molecule has 1 heteroatoms. The molecule has 1 fully saturated rings. The molecule has 0 amide bonds. The van der Waals surface area contributed by atoms with Gasteiger partial charge in [0.25, 0.3) is 0 Å². The van der Waals surface area contributed by atoms with Gasteiger partial charge in [-0.2, -0.15) is 0 Å². The maximum Gasteiger partial charge on any atom is -0.00159 e. The van der Waals surface area contributed by atoms with Crippen LogP contribution in [-0.4, -0.2) is 25.0 Å². The number of hydrogen-bond acceptors (Lipinski definition) is 1. The van der Waals surface area contributed by atoms with Gasteiger partial charge >= 0.3 is 0 Å². The van der Waals surface area contributed by atoms with E-state index in [9.17, 15) is 0 Å². The van der Waals surface area contributed by atoms with Crippen LogP contribution in [0.25, 0.3) is 0 Å². The Labute approximate surface area is 86.7 Å². The largest absolute Gasteiger partial charge is 0.306 e. The second kappa shape index (κ2) is 4.14. The van der Waals surface area contributed by atoms with Crippen molar-refractivity contribution in [3.63, 3.8) is 0 Å². The predicted octanol–water partition coefficient (Wildman–Crippen LogP) is 2.80. The minimum Gasteiger partial charge on any atom is -0.306 e. The van der Waals surface area contributed by atoms with Crippen LogP contribution in [0.5, 0.6) is 0 Å². The highest BCUT2D eigenvalue weighted by Gasteiger charge is 2.17. The molecular formula is C13H19N. The first kappa shape index (κ1) is 9.72. The number of aryl methyl sites for hydroxylation is 1. The minimum absolute atomic E-state index is 0.797. The second-order valence-electron chi connectivity index (χ2n) is 4.49. The summed E-state index contributed by atoms with van der Waals surface area (Å²) in [6, 6.07) is 8.99. The molecule has 1 nitrogen and oxygen atoms in total. The molecule has 14 heavy (non-hydrogen) atoms. The Morgan fingerprint density at radius 2 is 1.93 bits per heavy atom. The number of rotatable bonds is 1. The number of likely N-dealkylation sites (tertiary alicyclic amines) is 1. The lowest BCUT2D eigenvalue weighted by Gasteiger charge is -2.29. The first-order valence-electron chi connectivity index (χ1n) is 5.51. The smallest absolute Gasteiger partial charge is 0.00159 e. The van der Waals surface area contributed by atoms with Crippen LogP contribution in [0, 0.1) is 6.92 Å². The third-order valence-electron chi connectivity index (χ3n) is 3.23. The standard InChI is InChI=1S/C13H19N/c1-11-4-3-5-13(10-11)12-6-8-14(2)9-7-12/h3-5,10,12H,6-9H2,1-2H3. The molecule has 0 radical (unpaired) electrons. The molecule has 0 bridgehead atoms. The Balaban J connectivity index is 2.08. The molecule has 0 N–H and O–H groups in total. The van der Waals surface area contributed by atoms with Crippen molar-refractivity contribution < 1.29 is 0 Å². The third-order valence-corrected chi connectivity index (χ3v) is 3.23. The molecule has 1 aromatic carbocycles. The summed E-state index contributed by atoms with van der Waals surface area (Å²) >= 11 is 0. The van der Waals surface area contributed by atoms with E-state index in [0.717, 1.165) is 5.92 Å². The minimum atomic E-state index is 0.797. The molecular weight excluding hydrogens is 170 g/mol. The fourth-order valence-corrected chi connectivity index (χ4v) is 2.27. The van der Waals surface area contributed by atoms with E-state index >= 15 is 0 Å². The van der Waals surface area contributed by atoms with Gasteiger partial charge in [-0.3, -0.25) is 0 Å². The Morgan fingerprint density at radius 1 is 1.21 bits per heavy atom. The average molecular weight is 189 g/mol. The van der Waals surface area contributed by atoms with Gasteiger partial charge in [-0.05, 0) is 51.4 Å². The molecule has 0 aliphatic carbocycles. The van der Waals surface area contributed by atoms with E-state index in [0.29, 0.717) is 0 Å². The van der Waals surface area contributed by atoms with E-state index in [-0.39, 0.29) is 0 Å². The van der Waals surface area contributed by atoms with Crippen LogP contribution in [-0.2, 0) is 0 Å². The van der Waals surface area contributed by atoms with E-state index in [1.54, 1.807) is 0 Å². The van der Waals surface area contributed by atoms with Gasteiger partial charge in [-0.15, -0.1) is 0 Å². The highest BCUT2D eigenvalue weighted by Crippen LogP contribution is 2.27. The zero-order chi connectivity index (χ0) is 9.97. The van der Waals surface area contributed by atoms with Crippen molar-refractivity contribution in [2.75, 3.05) is 20.1 Å². The number of nitrogens with zero attached hydrogens (tertiary/aromatic N) is 1. The fraction of sp³-hybridized carbons (Fsp3) is 0.538. The van der Waals surface area contributed by atoms with Gasteiger partial charge in [-0.1, -0.05) is 29.8 Å². The normalized spacial score (nSPS) is 19.9. The van der Waals surface area contributed by atoms with Crippen LogP contribution >= 0.6 is 0 Å². The summed E-state index contributed by atoms with van der Waals surface area (Å²) in [6.07, 6.45) is 2.64. The summed E-state index contributed by atoms with van der Waals surface area (Å²) in [5.41, 5.74) is 2.93. The van der Waals surface area contributed by atoms with Crippen molar-refractivity contribution in [1.82, 2.24) is 4.90 Å². The summed E-state index contributed by atoms with van der Waals surface area (Å²) in [5, 5.41) is 0. The van der Waals surface area contributed by atoms with Gasteiger partial charge in [0.05, 0.1) is 0 Å². The predicted molar refractivity (Wildman–Crippen MR) is 60.7 cm³/mol. The topological polar surface area (TPSA) is 3.24 Å². The number of benzene rings is 1. The second-order valence-corrected chi connectivity index (χ2v) is 4.49. The molecule has 1 heterocycles. The molecule has 1 saturated heterocycles. The Bertz CT molecular complexity index is 298. The van der Waals surface area contributed by atoms with E-state index in [1.165, 1.54) is 37.1 Å². The van der Waals surface area contributed by atoms with Gasteiger partial charge < -0.3 is 4.90 Å². The lowest BCUT2D eigenvalue weighted by Crippen LogP contribution is -2.29. The Morgan fingerprint density at radius 3 is 2.57 bits per heavy atom. The van der Waals surface area contributed by atoms with Gasteiger partial charge in [-0.25, -0.2) is 0 Å². The maximum absolute atomic E-state index is 2.42. The van der Waals surface area contributed by atoms with Crippen molar-refractivity contribution in [1.29, 1.82) is 0 Å². The quantitative estimate of drug-likeness (QED) is 0.656. The zero-order valence-electron chi connectivity index (χ0n) is 9.16. The van der Waals surface area contributed by atoms with E-state index in [2.05, 4.69) is 43.1 Å². The number of piperidine rings is 1. The maximum atomic E-state index is 2.42. The Hall–Kier alpha value is -0.820. The Kier molecular flexibility index (Phi) is 2.87. The molecule has 0 atom stereocenters. The van der Waals surface area contributed by atoms with Gasteiger partial charge in [0, 0.05) is 0 Å². The van der Waals surface area contributed by atoms with Gasteiger partial charge in [0.1, 0.15) is 0 Å². The third kappa shape index (κ3) is 2.16. The monoisotopic (exact) mass is 189 g/mol. The average Bonchev–Trinajstić information content (AvgIpc) is 2.19. The summed E-state index contributed by atoms with van der Waals surface area (Å²) in [6.45, 7) is 4.68. The first-order valence-corrected chi connectivity index (χ1v) is 5.51. The fourth-order valence-electron chi connectivity index (χ4n) is 2.27. The summed E-state index contributed by atoms with van der Waals surface area (Å²) < 4.78 is 0. The highest BCUT2D eigenvalue weighted by atomic mass is 15.1. The molecule has 1 aliphatic heterocycles. The van der Waals surface area contributed by atoms with Crippen molar-refractivity contribution in [2.24, 2.45) is 0 Å². The zero-order valence-corrected chi connectivity index (χ0v) is 9.16. The van der Waals surface area contributed by atoms with Crippen LogP contribution in [0.1, 0.15) is 29.9 Å². The lowest BCUT2D eigenvalue weighted by molar-refractivity contribution is 0.255. The van der Waals surface area contributed by atoms with Gasteiger partial charge in [0.2, 0.25) is 0 Å². The van der Waals surface area contributed by atoms with E-state index in [1.807, 2.05) is 0 Å². The molecule has 0 spiro atoms. The van der Waals surface area contributed by atoms with Crippen LogP contribution in [0.2, 0.25) is 0 Å². The SMILES string of the molecule is Cc1cccc(C2CCN(C)CC2)c1. The van der Waals surface area contributed by atoms with Crippen molar-refractivity contribution >= 4 is 0 Å². The molecule has 2 rings (SSSR count). The molecule has 0 saturated carbocycles. The van der Waals surface area contributed by atoms with Crippen LogP contribution < -0.4 is 0 Å². The van der Waals surface area contributed by atoms with Crippen molar-refractivity contribution in [3.05, 3.63) is 35.4 Å². The summed E-state index contributed by atoms with van der Waals surface area (Å²) in [4.78, 5) is 2.42. The first-order chi connectivity index (χ1) is 6.75. The van der Waals surface area contributed by atoms with Crippen molar-refractivity contribution in [3.8, 4) is 0 Å². The molecule has 0 unspecified atom stereocenters. The van der Waals surface area contributed by atoms with Crippen LogP contribution in [0.15, 0.2) is 24.3 Å². The molecule has 1 aromatic rings.